The molecule has 1 atom stereocenters. The molecule has 20 heavy (non-hydrogen) atoms. The Balaban J connectivity index is 2.31. The maximum absolute atomic E-state index is 6.15. The van der Waals surface area contributed by atoms with E-state index in [4.69, 9.17) is 10.5 Å². The molecular weight excluding hydrogens is 246 g/mol. The molecule has 0 aromatic heterocycles. The molecule has 2 heteroatoms. The van der Waals surface area contributed by atoms with Crippen LogP contribution in [-0.2, 0) is 11.8 Å². The summed E-state index contributed by atoms with van der Waals surface area (Å²) in [5, 5.41) is 0. The fourth-order valence-electron chi connectivity index (χ4n) is 2.57. The molecule has 0 radical (unpaired) electrons. The van der Waals surface area contributed by atoms with Gasteiger partial charge in [-0.1, -0.05) is 32.9 Å². The minimum Gasteiger partial charge on any atom is -0.493 e. The van der Waals surface area contributed by atoms with E-state index in [1.54, 1.807) is 0 Å². The van der Waals surface area contributed by atoms with E-state index >= 15 is 0 Å². The van der Waals surface area contributed by atoms with Crippen LogP contribution in [0.3, 0.4) is 0 Å². The second kappa shape index (κ2) is 5.77. The first-order chi connectivity index (χ1) is 9.27. The molecule has 0 amide bonds. The predicted octanol–water partition coefficient (Wildman–Crippen LogP) is 3.97. The van der Waals surface area contributed by atoms with Gasteiger partial charge >= 0.3 is 0 Å². The normalized spacial score (nSPS) is 17.1. The van der Waals surface area contributed by atoms with E-state index in [1.165, 1.54) is 29.5 Å². The van der Waals surface area contributed by atoms with Crippen molar-refractivity contribution in [2.75, 3.05) is 6.61 Å². The van der Waals surface area contributed by atoms with Crippen molar-refractivity contribution in [1.82, 2.24) is 0 Å². The summed E-state index contributed by atoms with van der Waals surface area (Å²) in [6, 6.07) is 4.72. The van der Waals surface area contributed by atoms with Crippen molar-refractivity contribution in [3.05, 3.63) is 28.8 Å². The van der Waals surface area contributed by atoms with Crippen molar-refractivity contribution >= 4 is 0 Å². The van der Waals surface area contributed by atoms with Gasteiger partial charge in [-0.25, -0.2) is 0 Å². The van der Waals surface area contributed by atoms with E-state index in [0.717, 1.165) is 24.7 Å². The molecule has 1 aliphatic rings. The molecule has 0 heterocycles. The number of nitrogens with two attached hydrogens (primary N) is 1. The topological polar surface area (TPSA) is 35.2 Å². The van der Waals surface area contributed by atoms with Crippen LogP contribution in [0.15, 0.2) is 12.1 Å². The lowest BCUT2D eigenvalue weighted by molar-refractivity contribution is 0.290. The number of rotatable bonds is 5. The van der Waals surface area contributed by atoms with Gasteiger partial charge in [-0.3, -0.25) is 0 Å². The molecule has 0 spiro atoms. The molecule has 1 aliphatic carbocycles. The molecular formula is C18H29NO. The molecule has 112 valence electrons. The van der Waals surface area contributed by atoms with E-state index < -0.39 is 0 Å². The lowest BCUT2D eigenvalue weighted by Gasteiger charge is -2.26. The van der Waals surface area contributed by atoms with Crippen molar-refractivity contribution in [2.24, 2.45) is 11.7 Å². The highest BCUT2D eigenvalue weighted by Gasteiger charge is 2.25. The Morgan fingerprint density at radius 2 is 1.95 bits per heavy atom. The van der Waals surface area contributed by atoms with Gasteiger partial charge < -0.3 is 10.5 Å². The predicted molar refractivity (Wildman–Crippen MR) is 85.5 cm³/mol. The van der Waals surface area contributed by atoms with Gasteiger partial charge in [0.2, 0.25) is 0 Å². The van der Waals surface area contributed by atoms with Gasteiger partial charge in [-0.05, 0) is 55.6 Å². The van der Waals surface area contributed by atoms with Gasteiger partial charge in [0, 0.05) is 11.6 Å². The Bertz CT molecular complexity index is 467. The fraction of sp³-hybridized carbons (Fsp3) is 0.667. The lowest BCUT2D eigenvalue weighted by Crippen LogP contribution is -2.20. The molecule has 1 saturated carbocycles. The molecule has 1 aromatic rings. The van der Waals surface area contributed by atoms with Crippen molar-refractivity contribution < 1.29 is 4.74 Å². The average molecular weight is 275 g/mol. The molecule has 0 bridgehead atoms. The van der Waals surface area contributed by atoms with Crippen LogP contribution < -0.4 is 10.5 Å². The third-order valence-electron chi connectivity index (χ3n) is 3.86. The Hall–Kier alpha value is -1.02. The summed E-state index contributed by atoms with van der Waals surface area (Å²) in [6.45, 7) is 11.8. The Labute approximate surface area is 123 Å². The number of aryl methyl sites for hydroxylation is 1. The molecule has 2 N–H and O–H groups in total. The van der Waals surface area contributed by atoms with Crippen LogP contribution in [0, 0.1) is 12.8 Å². The largest absolute Gasteiger partial charge is 0.493 e. The second-order valence-corrected chi connectivity index (χ2v) is 7.48. The maximum Gasteiger partial charge on any atom is 0.125 e. The van der Waals surface area contributed by atoms with Crippen molar-refractivity contribution in [1.29, 1.82) is 0 Å². The van der Waals surface area contributed by atoms with E-state index in [9.17, 15) is 0 Å². The third-order valence-corrected chi connectivity index (χ3v) is 3.86. The van der Waals surface area contributed by atoms with Crippen LogP contribution in [-0.4, -0.2) is 12.6 Å². The van der Waals surface area contributed by atoms with Crippen LogP contribution in [0.2, 0.25) is 0 Å². The maximum atomic E-state index is 6.15. The van der Waals surface area contributed by atoms with Crippen molar-refractivity contribution in [3.63, 3.8) is 0 Å². The first-order valence-corrected chi connectivity index (χ1v) is 7.79. The molecule has 1 fully saturated rings. The number of hydrogen-bond acceptors (Lipinski definition) is 2. The number of ether oxygens (including phenoxy) is 1. The molecule has 0 aliphatic heterocycles. The Kier molecular flexibility index (Phi) is 4.43. The van der Waals surface area contributed by atoms with Gasteiger partial charge in [0.05, 0.1) is 6.61 Å². The zero-order valence-corrected chi connectivity index (χ0v) is 13.6. The van der Waals surface area contributed by atoms with Gasteiger partial charge in [0.25, 0.3) is 0 Å². The van der Waals surface area contributed by atoms with Gasteiger partial charge in [0.15, 0.2) is 0 Å². The summed E-state index contributed by atoms with van der Waals surface area (Å²) in [5.74, 6) is 1.88. The van der Waals surface area contributed by atoms with Gasteiger partial charge in [-0.15, -0.1) is 0 Å². The fourth-order valence-corrected chi connectivity index (χ4v) is 2.57. The smallest absolute Gasteiger partial charge is 0.125 e. The van der Waals surface area contributed by atoms with Crippen LogP contribution in [0.5, 0.6) is 5.75 Å². The average Bonchev–Trinajstić information content (AvgIpc) is 3.08. The summed E-state index contributed by atoms with van der Waals surface area (Å²) in [5.41, 5.74) is 9.92. The molecule has 1 unspecified atom stereocenters. The first kappa shape index (κ1) is 15.4. The number of benzene rings is 1. The van der Waals surface area contributed by atoms with Crippen LogP contribution in [0.25, 0.3) is 0 Å². The number of hydrogen-bond donors (Lipinski definition) is 1. The highest BCUT2D eigenvalue weighted by molar-refractivity contribution is 5.47. The minimum atomic E-state index is 0.0947. The summed E-state index contributed by atoms with van der Waals surface area (Å²) >= 11 is 0. The van der Waals surface area contributed by atoms with Crippen LogP contribution in [0.4, 0.5) is 0 Å². The molecule has 2 rings (SSSR count). The highest BCUT2D eigenvalue weighted by atomic mass is 16.5. The van der Waals surface area contributed by atoms with Crippen molar-refractivity contribution in [3.8, 4) is 5.75 Å². The molecule has 0 saturated heterocycles. The van der Waals surface area contributed by atoms with E-state index in [-0.39, 0.29) is 11.5 Å². The van der Waals surface area contributed by atoms with Crippen molar-refractivity contribution in [2.45, 2.75) is 65.3 Å². The summed E-state index contributed by atoms with van der Waals surface area (Å²) < 4.78 is 6.15. The van der Waals surface area contributed by atoms with E-state index in [1.807, 2.05) is 0 Å². The lowest BCUT2D eigenvalue weighted by atomic mass is 9.83. The zero-order chi connectivity index (χ0) is 14.9. The summed E-state index contributed by atoms with van der Waals surface area (Å²) in [7, 11) is 0. The summed E-state index contributed by atoms with van der Waals surface area (Å²) in [6.07, 6.45) is 3.58. The second-order valence-electron chi connectivity index (χ2n) is 7.48. The minimum absolute atomic E-state index is 0.0947. The summed E-state index contributed by atoms with van der Waals surface area (Å²) in [4.78, 5) is 0. The highest BCUT2D eigenvalue weighted by Crippen LogP contribution is 2.37. The van der Waals surface area contributed by atoms with Crippen LogP contribution in [0.1, 0.15) is 57.2 Å². The zero-order valence-electron chi connectivity index (χ0n) is 13.6. The van der Waals surface area contributed by atoms with Gasteiger partial charge in [0.1, 0.15) is 5.75 Å². The van der Waals surface area contributed by atoms with E-state index in [0.29, 0.717) is 0 Å². The van der Waals surface area contributed by atoms with E-state index in [2.05, 4.69) is 46.8 Å². The first-order valence-electron chi connectivity index (χ1n) is 7.79. The standard InChI is InChI=1S/C18H29NO/c1-12-8-15(9-13(2)19)10-16(18(3,4)5)17(12)20-11-14-6-7-14/h8,10,13-14H,6-7,9,11,19H2,1-5H3. The SMILES string of the molecule is Cc1cc(CC(C)N)cc(C(C)(C)C)c1OCC1CC1. The molecule has 2 nitrogen and oxygen atoms in total. The molecule has 1 aromatic carbocycles. The monoisotopic (exact) mass is 275 g/mol. The van der Waals surface area contributed by atoms with Crippen LogP contribution >= 0.6 is 0 Å². The van der Waals surface area contributed by atoms with Gasteiger partial charge in [-0.2, -0.15) is 0 Å². The third kappa shape index (κ3) is 3.99. The Morgan fingerprint density at radius 1 is 1.30 bits per heavy atom. The Morgan fingerprint density at radius 3 is 2.45 bits per heavy atom. The quantitative estimate of drug-likeness (QED) is 0.882.